The number of aliphatic hydroxyl groups excluding tert-OH is 1. The van der Waals surface area contributed by atoms with Gasteiger partial charge in [0.05, 0.1) is 65.7 Å². The van der Waals surface area contributed by atoms with Crippen molar-refractivity contribution in [3.8, 4) is 11.5 Å². The van der Waals surface area contributed by atoms with E-state index in [1.807, 2.05) is 11.5 Å². The van der Waals surface area contributed by atoms with Crippen molar-refractivity contribution < 1.29 is 36.2 Å². The Morgan fingerprint density at radius 1 is 1.18 bits per heavy atom. The quantitative estimate of drug-likeness (QED) is 0.132. The van der Waals surface area contributed by atoms with Gasteiger partial charge >= 0.3 is 6.18 Å². The van der Waals surface area contributed by atoms with E-state index in [0.29, 0.717) is 17.9 Å². The van der Waals surface area contributed by atoms with Gasteiger partial charge in [-0.25, -0.2) is 13.4 Å². The number of nitrogens with one attached hydrogen (secondary N) is 1. The molecule has 2 aromatic carbocycles. The molecule has 0 aliphatic heterocycles. The molecule has 14 heteroatoms. The number of alkyl halides is 3. The first kappa shape index (κ1) is 31.3. The number of benzene rings is 2. The van der Waals surface area contributed by atoms with E-state index in [4.69, 9.17) is 31.9 Å². The van der Waals surface area contributed by atoms with Gasteiger partial charge in [-0.2, -0.15) is 13.2 Å². The summed E-state index contributed by atoms with van der Waals surface area (Å²) in [5.41, 5.74) is 6.70. The number of aliphatic imine (C=N–C) groups is 1. The molecule has 9 nitrogen and oxygen atoms in total. The number of halogens is 4. The minimum absolute atomic E-state index is 0.00105. The first-order valence-electron chi connectivity index (χ1n) is 12.2. The summed E-state index contributed by atoms with van der Waals surface area (Å²) >= 11 is 6.37. The van der Waals surface area contributed by atoms with Crippen LogP contribution in [0, 0.1) is 0 Å². The first-order valence-corrected chi connectivity index (χ1v) is 14.4. The molecule has 1 atom stereocenters. The molecule has 0 saturated carbocycles. The van der Waals surface area contributed by atoms with E-state index >= 15 is 0 Å². The highest BCUT2D eigenvalue weighted by Crippen LogP contribution is 2.36. The summed E-state index contributed by atoms with van der Waals surface area (Å²) in [6.45, 7) is 2.12. The van der Waals surface area contributed by atoms with E-state index in [1.54, 1.807) is 30.5 Å². The maximum Gasteiger partial charge on any atom is 0.416 e. The Morgan fingerprint density at radius 3 is 2.62 bits per heavy atom. The monoisotopic (exact) mass is 602 g/mol. The predicted octanol–water partition coefficient (Wildman–Crippen LogP) is 5.17. The molecule has 4 N–H and O–H groups in total. The summed E-state index contributed by atoms with van der Waals surface area (Å²) in [4.78, 5) is 4.21. The molecule has 1 aromatic heterocycles. The lowest BCUT2D eigenvalue weighted by Crippen LogP contribution is -2.19. The van der Waals surface area contributed by atoms with E-state index in [1.165, 1.54) is 18.5 Å². The highest BCUT2D eigenvalue weighted by molar-refractivity contribution is 7.91. The van der Waals surface area contributed by atoms with Gasteiger partial charge in [0, 0.05) is 18.4 Å². The number of nitrogens with zero attached hydrogens (tertiary/aromatic N) is 2. The van der Waals surface area contributed by atoms with Gasteiger partial charge in [0.15, 0.2) is 9.84 Å². The third-order valence-corrected chi connectivity index (χ3v) is 7.62. The summed E-state index contributed by atoms with van der Waals surface area (Å²) in [6, 6.07) is 10.8. The molecule has 0 bridgehead atoms. The van der Waals surface area contributed by atoms with Crippen molar-refractivity contribution in [3.63, 3.8) is 0 Å². The fraction of sp³-hybridized carbons (Fsp3) is 0.346. The molecule has 1 heterocycles. The summed E-state index contributed by atoms with van der Waals surface area (Å²) in [7, 11) is -3.36. The second-order valence-corrected chi connectivity index (χ2v) is 11.4. The van der Waals surface area contributed by atoms with Gasteiger partial charge in [0.25, 0.3) is 0 Å². The van der Waals surface area contributed by atoms with Crippen LogP contribution < -0.4 is 15.8 Å². The van der Waals surface area contributed by atoms with Crippen molar-refractivity contribution in [1.29, 1.82) is 0 Å². The molecule has 40 heavy (non-hydrogen) atoms. The largest absolute Gasteiger partial charge is 0.456 e. The van der Waals surface area contributed by atoms with Gasteiger partial charge in [-0.3, -0.25) is 0 Å². The van der Waals surface area contributed by atoms with Crippen LogP contribution in [-0.4, -0.2) is 55.8 Å². The number of ether oxygens (including phenoxy) is 2. The highest BCUT2D eigenvalue weighted by Gasteiger charge is 2.30. The molecule has 0 spiro atoms. The molecule has 0 aliphatic rings. The number of aliphatic hydroxyl groups is 1. The lowest BCUT2D eigenvalue weighted by atomic mass is 10.2. The molecule has 218 valence electrons. The van der Waals surface area contributed by atoms with Crippen molar-refractivity contribution >= 4 is 39.2 Å². The van der Waals surface area contributed by atoms with Crippen LogP contribution in [0.25, 0.3) is 0 Å². The SMILES string of the molecule is CC(Nc1ccc(Oc2cccc(C(F)(F)F)c2)c(Cl)c1)c1c(N=CN)ccn1CCOCCS(=O)(=O)CCO. The summed E-state index contributed by atoms with van der Waals surface area (Å²) in [5.74, 6) is -0.291. The zero-order chi connectivity index (χ0) is 29.3. The standard InChI is InChI=1S/C26H30ClF3N4O5S/c1-18(25-23(32-17-31)7-8-34(25)9-11-38-12-14-40(36,37)13-10-35)33-20-5-6-24(22(27)16-20)39-21-4-2-3-19(15-21)26(28,29)30/h2-8,15-18,33,35H,9-14H2,1H3,(H2,31,32). The molecule has 0 saturated heterocycles. The van der Waals surface area contributed by atoms with Crippen LogP contribution >= 0.6 is 11.6 Å². The third-order valence-electron chi connectivity index (χ3n) is 5.73. The number of sulfone groups is 1. The van der Waals surface area contributed by atoms with E-state index in [-0.39, 0.29) is 47.3 Å². The van der Waals surface area contributed by atoms with Crippen molar-refractivity contribution in [1.82, 2.24) is 4.57 Å². The number of rotatable bonds is 14. The Bertz CT molecular complexity index is 1410. The molecule has 3 aromatic rings. The molecule has 0 fully saturated rings. The van der Waals surface area contributed by atoms with Crippen molar-refractivity contribution in [2.45, 2.75) is 25.7 Å². The van der Waals surface area contributed by atoms with Crippen LogP contribution in [0.5, 0.6) is 11.5 Å². The summed E-state index contributed by atoms with van der Waals surface area (Å²) in [5, 5.41) is 12.3. The van der Waals surface area contributed by atoms with E-state index in [9.17, 15) is 21.6 Å². The molecule has 3 rings (SSSR count). The molecular formula is C26H30ClF3N4O5S. The Balaban J connectivity index is 1.67. The maximum atomic E-state index is 13.0. The van der Waals surface area contributed by atoms with Gasteiger partial charge in [0.2, 0.25) is 0 Å². The van der Waals surface area contributed by atoms with Crippen LogP contribution in [0.4, 0.5) is 24.5 Å². The molecular weight excluding hydrogens is 573 g/mol. The van der Waals surface area contributed by atoms with Gasteiger partial charge in [0.1, 0.15) is 11.5 Å². The maximum absolute atomic E-state index is 13.0. The van der Waals surface area contributed by atoms with Gasteiger partial charge in [-0.15, -0.1) is 0 Å². The Kier molecular flexibility index (Phi) is 10.9. The first-order chi connectivity index (χ1) is 18.9. The summed E-state index contributed by atoms with van der Waals surface area (Å²) in [6.07, 6.45) is -1.51. The number of nitrogens with two attached hydrogens (primary N) is 1. The van der Waals surface area contributed by atoms with E-state index < -0.39 is 28.2 Å². The zero-order valence-electron chi connectivity index (χ0n) is 21.6. The van der Waals surface area contributed by atoms with Gasteiger partial charge < -0.3 is 30.2 Å². The predicted molar refractivity (Wildman–Crippen MR) is 148 cm³/mol. The molecule has 1 unspecified atom stereocenters. The average Bonchev–Trinajstić information content (AvgIpc) is 3.28. The Morgan fingerprint density at radius 2 is 1.95 bits per heavy atom. The van der Waals surface area contributed by atoms with Crippen LogP contribution in [0.3, 0.4) is 0 Å². The Hall–Kier alpha value is -3.26. The summed E-state index contributed by atoms with van der Waals surface area (Å²) < 4.78 is 75.4. The van der Waals surface area contributed by atoms with E-state index in [2.05, 4.69) is 10.3 Å². The fourth-order valence-electron chi connectivity index (χ4n) is 3.88. The highest BCUT2D eigenvalue weighted by atomic mass is 35.5. The van der Waals surface area contributed by atoms with Gasteiger partial charge in [-0.05, 0) is 49.4 Å². The number of anilines is 1. The van der Waals surface area contributed by atoms with Crippen LogP contribution in [0.2, 0.25) is 5.02 Å². The second kappa shape index (κ2) is 13.9. The zero-order valence-corrected chi connectivity index (χ0v) is 23.1. The number of hydrogen-bond donors (Lipinski definition) is 3. The normalized spacial score (nSPS) is 13.1. The molecule has 0 radical (unpaired) electrons. The van der Waals surface area contributed by atoms with Gasteiger partial charge in [-0.1, -0.05) is 17.7 Å². The fourth-order valence-corrected chi connectivity index (χ4v) is 4.95. The Labute approximate surface area is 235 Å². The molecule has 0 aliphatic carbocycles. The smallest absolute Gasteiger partial charge is 0.416 e. The minimum Gasteiger partial charge on any atom is -0.456 e. The lowest BCUT2D eigenvalue weighted by molar-refractivity contribution is -0.137. The lowest BCUT2D eigenvalue weighted by Gasteiger charge is -2.20. The van der Waals surface area contributed by atoms with Crippen molar-refractivity contribution in [2.75, 3.05) is 36.6 Å². The topological polar surface area (TPSA) is 128 Å². The second-order valence-electron chi connectivity index (χ2n) is 8.68. The van der Waals surface area contributed by atoms with Crippen molar-refractivity contribution in [2.24, 2.45) is 10.7 Å². The van der Waals surface area contributed by atoms with E-state index in [0.717, 1.165) is 17.8 Å². The van der Waals surface area contributed by atoms with Crippen LogP contribution in [0.1, 0.15) is 24.2 Å². The van der Waals surface area contributed by atoms with Crippen LogP contribution in [-0.2, 0) is 27.3 Å². The van der Waals surface area contributed by atoms with Crippen LogP contribution in [0.15, 0.2) is 59.7 Å². The molecule has 0 amide bonds. The number of aromatic nitrogens is 1. The minimum atomic E-state index is -4.50. The van der Waals surface area contributed by atoms with Crippen molar-refractivity contribution in [3.05, 3.63) is 71.0 Å². The number of hydrogen-bond acceptors (Lipinski definition) is 7. The average molecular weight is 603 g/mol. The third kappa shape index (κ3) is 8.88.